The minimum absolute atomic E-state index is 0.0321. The molecule has 0 aliphatic heterocycles. The predicted molar refractivity (Wildman–Crippen MR) is 74.0 cm³/mol. The van der Waals surface area contributed by atoms with Gasteiger partial charge in [-0.1, -0.05) is 13.8 Å². The molecular formula is C13H18F2N2O3S. The van der Waals surface area contributed by atoms with E-state index >= 15 is 0 Å². The number of carbonyl (C=O) groups is 1. The summed E-state index contributed by atoms with van der Waals surface area (Å²) in [5.41, 5.74) is 0. The molecule has 0 heterocycles. The van der Waals surface area contributed by atoms with Crippen molar-refractivity contribution in [2.75, 3.05) is 13.1 Å². The Bertz CT molecular complexity index is 603. The van der Waals surface area contributed by atoms with Crippen LogP contribution in [0.5, 0.6) is 0 Å². The molecule has 0 aliphatic rings. The first-order valence-electron chi connectivity index (χ1n) is 6.44. The van der Waals surface area contributed by atoms with Crippen molar-refractivity contribution < 1.29 is 22.0 Å². The van der Waals surface area contributed by atoms with E-state index < -0.39 is 21.7 Å². The number of amides is 1. The highest BCUT2D eigenvalue weighted by molar-refractivity contribution is 7.89. The van der Waals surface area contributed by atoms with Crippen molar-refractivity contribution >= 4 is 15.9 Å². The van der Waals surface area contributed by atoms with Crippen LogP contribution < -0.4 is 10.0 Å². The third-order valence-electron chi connectivity index (χ3n) is 2.55. The minimum Gasteiger partial charge on any atom is -0.356 e. The number of carbonyl (C=O) groups excluding carboxylic acids is 1. The summed E-state index contributed by atoms with van der Waals surface area (Å²) in [4.78, 5) is 11.0. The molecule has 0 saturated heterocycles. The summed E-state index contributed by atoms with van der Waals surface area (Å²) in [6, 6.07) is 2.29. The maximum absolute atomic E-state index is 13.0. The fourth-order valence-corrected chi connectivity index (χ4v) is 2.48. The lowest BCUT2D eigenvalue weighted by Gasteiger charge is -2.09. The fraction of sp³-hybridized carbons (Fsp3) is 0.462. The van der Waals surface area contributed by atoms with Gasteiger partial charge in [0.2, 0.25) is 15.9 Å². The lowest BCUT2D eigenvalue weighted by Crippen LogP contribution is -2.32. The van der Waals surface area contributed by atoms with Crippen molar-refractivity contribution in [3.05, 3.63) is 29.8 Å². The summed E-state index contributed by atoms with van der Waals surface area (Å²) in [7, 11) is -3.96. The van der Waals surface area contributed by atoms with Crippen LogP contribution in [0, 0.1) is 17.6 Å². The fourth-order valence-electron chi connectivity index (χ4n) is 1.43. The highest BCUT2D eigenvalue weighted by atomic mass is 32.2. The van der Waals surface area contributed by atoms with E-state index in [1.54, 1.807) is 0 Å². The van der Waals surface area contributed by atoms with Crippen molar-refractivity contribution in [2.24, 2.45) is 5.92 Å². The topological polar surface area (TPSA) is 75.3 Å². The van der Waals surface area contributed by atoms with Crippen LogP contribution in [0.25, 0.3) is 0 Å². The Morgan fingerprint density at radius 1 is 1.24 bits per heavy atom. The summed E-state index contributed by atoms with van der Waals surface area (Å²) in [5.74, 6) is -2.35. The van der Waals surface area contributed by atoms with Crippen LogP contribution in [-0.4, -0.2) is 27.4 Å². The molecule has 0 saturated carbocycles. The largest absolute Gasteiger partial charge is 0.356 e. The third-order valence-corrected chi connectivity index (χ3v) is 4.01. The highest BCUT2D eigenvalue weighted by Crippen LogP contribution is 2.13. The molecule has 1 rings (SSSR count). The van der Waals surface area contributed by atoms with Crippen LogP contribution in [0.2, 0.25) is 0 Å². The Hall–Kier alpha value is -1.54. The van der Waals surface area contributed by atoms with Gasteiger partial charge in [0.05, 0.1) is 4.90 Å². The Morgan fingerprint density at radius 3 is 2.48 bits per heavy atom. The first kappa shape index (κ1) is 17.5. The molecule has 1 aromatic carbocycles. The van der Waals surface area contributed by atoms with Crippen molar-refractivity contribution in [1.82, 2.24) is 10.0 Å². The van der Waals surface area contributed by atoms with Crippen molar-refractivity contribution in [1.29, 1.82) is 0 Å². The molecule has 1 amide bonds. The summed E-state index contributed by atoms with van der Waals surface area (Å²) < 4.78 is 51.5. The summed E-state index contributed by atoms with van der Waals surface area (Å²) >= 11 is 0. The number of halogens is 2. The Labute approximate surface area is 122 Å². The van der Waals surface area contributed by atoms with Crippen molar-refractivity contribution in [3.8, 4) is 0 Å². The molecular weight excluding hydrogens is 302 g/mol. The standard InChI is InChI=1S/C13H18F2N2O3S/c1-9(2)8-16-13(18)5-6-17-21(19,20)10-3-4-11(14)12(15)7-10/h3-4,7,9,17H,5-6,8H2,1-2H3,(H,16,18). The van der Waals surface area contributed by atoms with E-state index in [1.807, 2.05) is 13.8 Å². The van der Waals surface area contributed by atoms with Gasteiger partial charge in [-0.05, 0) is 24.1 Å². The van der Waals surface area contributed by atoms with E-state index in [4.69, 9.17) is 0 Å². The zero-order chi connectivity index (χ0) is 16.0. The molecule has 21 heavy (non-hydrogen) atoms. The van der Waals surface area contributed by atoms with E-state index in [9.17, 15) is 22.0 Å². The van der Waals surface area contributed by atoms with E-state index in [-0.39, 0.29) is 23.8 Å². The molecule has 2 N–H and O–H groups in total. The maximum atomic E-state index is 13.0. The number of benzene rings is 1. The first-order valence-corrected chi connectivity index (χ1v) is 7.92. The van der Waals surface area contributed by atoms with Gasteiger partial charge in [-0.15, -0.1) is 0 Å². The zero-order valence-electron chi connectivity index (χ0n) is 11.8. The minimum atomic E-state index is -3.96. The quantitative estimate of drug-likeness (QED) is 0.797. The SMILES string of the molecule is CC(C)CNC(=O)CCNS(=O)(=O)c1ccc(F)c(F)c1. The van der Waals surface area contributed by atoms with E-state index in [0.717, 1.165) is 12.1 Å². The molecule has 8 heteroatoms. The highest BCUT2D eigenvalue weighted by Gasteiger charge is 2.16. The average Bonchev–Trinajstić information content (AvgIpc) is 2.39. The Balaban J connectivity index is 2.53. The normalized spacial score (nSPS) is 11.7. The zero-order valence-corrected chi connectivity index (χ0v) is 12.6. The van der Waals surface area contributed by atoms with Crippen LogP contribution in [0.4, 0.5) is 8.78 Å². The smallest absolute Gasteiger partial charge is 0.240 e. The molecule has 1 aromatic rings. The van der Waals surface area contributed by atoms with E-state index in [2.05, 4.69) is 10.0 Å². The van der Waals surface area contributed by atoms with E-state index in [0.29, 0.717) is 18.5 Å². The number of hydrogen-bond acceptors (Lipinski definition) is 3. The summed E-state index contributed by atoms with van der Waals surface area (Å²) in [6.45, 7) is 4.26. The van der Waals surface area contributed by atoms with Crippen LogP contribution in [0.1, 0.15) is 20.3 Å². The predicted octanol–water partition coefficient (Wildman–Crippen LogP) is 1.41. The number of rotatable bonds is 7. The van der Waals surface area contributed by atoms with Gasteiger partial charge in [0, 0.05) is 19.5 Å². The lowest BCUT2D eigenvalue weighted by atomic mass is 10.2. The van der Waals surface area contributed by atoms with Gasteiger partial charge in [-0.2, -0.15) is 0 Å². The van der Waals surface area contributed by atoms with Crippen molar-refractivity contribution in [2.45, 2.75) is 25.2 Å². The molecule has 0 aliphatic carbocycles. The van der Waals surface area contributed by atoms with Crippen LogP contribution in [-0.2, 0) is 14.8 Å². The van der Waals surface area contributed by atoms with Gasteiger partial charge in [-0.3, -0.25) is 4.79 Å². The number of hydrogen-bond donors (Lipinski definition) is 2. The average molecular weight is 320 g/mol. The Kier molecular flexibility index (Phi) is 6.22. The van der Waals surface area contributed by atoms with E-state index in [1.165, 1.54) is 0 Å². The van der Waals surface area contributed by atoms with Crippen molar-refractivity contribution in [3.63, 3.8) is 0 Å². The van der Waals surface area contributed by atoms with Gasteiger partial charge < -0.3 is 5.32 Å². The van der Waals surface area contributed by atoms with Gasteiger partial charge in [-0.25, -0.2) is 21.9 Å². The van der Waals surface area contributed by atoms with Crippen LogP contribution in [0.15, 0.2) is 23.1 Å². The molecule has 0 spiro atoms. The molecule has 0 fully saturated rings. The van der Waals surface area contributed by atoms with Crippen LogP contribution >= 0.6 is 0 Å². The molecule has 0 aromatic heterocycles. The second-order valence-electron chi connectivity index (χ2n) is 4.92. The monoisotopic (exact) mass is 320 g/mol. The van der Waals surface area contributed by atoms with Gasteiger partial charge >= 0.3 is 0 Å². The second kappa shape index (κ2) is 7.46. The van der Waals surface area contributed by atoms with Crippen LogP contribution in [0.3, 0.4) is 0 Å². The summed E-state index contributed by atoms with van der Waals surface area (Å²) in [5, 5.41) is 2.64. The molecule has 0 atom stereocenters. The maximum Gasteiger partial charge on any atom is 0.240 e. The molecule has 118 valence electrons. The van der Waals surface area contributed by atoms with Gasteiger partial charge in [0.1, 0.15) is 0 Å². The molecule has 0 unspecified atom stereocenters. The lowest BCUT2D eigenvalue weighted by molar-refractivity contribution is -0.121. The number of nitrogens with one attached hydrogen (secondary N) is 2. The molecule has 0 bridgehead atoms. The second-order valence-corrected chi connectivity index (χ2v) is 6.69. The summed E-state index contributed by atoms with van der Waals surface area (Å²) in [6.07, 6.45) is -0.0321. The number of sulfonamides is 1. The molecule has 5 nitrogen and oxygen atoms in total. The Morgan fingerprint density at radius 2 is 1.90 bits per heavy atom. The third kappa shape index (κ3) is 5.76. The molecule has 0 radical (unpaired) electrons. The van der Waals surface area contributed by atoms with Gasteiger partial charge in [0.15, 0.2) is 11.6 Å². The van der Waals surface area contributed by atoms with Gasteiger partial charge in [0.25, 0.3) is 0 Å². The first-order chi connectivity index (χ1) is 9.72.